The third-order valence-corrected chi connectivity index (χ3v) is 6.40. The molecule has 3 amide bonds. The lowest BCUT2D eigenvalue weighted by molar-refractivity contribution is -0.139. The predicted octanol–water partition coefficient (Wildman–Crippen LogP) is 3.06. The van der Waals surface area contributed by atoms with Gasteiger partial charge >= 0.3 is 0 Å². The molecule has 200 valence electrons. The average molecular weight is 516 g/mol. The quantitative estimate of drug-likeness (QED) is 0.658. The Labute approximate surface area is 216 Å². The summed E-state index contributed by atoms with van der Waals surface area (Å²) in [7, 11) is 4.73. The number of carbonyl (C=O) groups excluding carboxylic acids is 3. The normalized spacial score (nSPS) is 20.8. The number of ether oxygens (including phenoxy) is 3. The molecule has 3 atom stereocenters. The third kappa shape index (κ3) is 7.05. The summed E-state index contributed by atoms with van der Waals surface area (Å²) in [5.41, 5.74) is 0.998. The van der Waals surface area contributed by atoms with Gasteiger partial charge in [0.25, 0.3) is 11.8 Å². The van der Waals surface area contributed by atoms with Crippen LogP contribution in [0.4, 0.5) is 10.1 Å². The van der Waals surface area contributed by atoms with Crippen molar-refractivity contribution in [1.29, 1.82) is 0 Å². The summed E-state index contributed by atoms with van der Waals surface area (Å²) in [6.45, 7) is 4.58. The maximum atomic E-state index is 13.3. The van der Waals surface area contributed by atoms with Crippen LogP contribution in [0.25, 0.3) is 0 Å². The van der Waals surface area contributed by atoms with Crippen LogP contribution in [0.3, 0.4) is 0 Å². The van der Waals surface area contributed by atoms with Gasteiger partial charge in [0.1, 0.15) is 24.8 Å². The van der Waals surface area contributed by atoms with E-state index in [0.29, 0.717) is 24.3 Å². The molecular formula is C27H34FN3O6. The Morgan fingerprint density at radius 3 is 2.46 bits per heavy atom. The molecule has 0 saturated carbocycles. The molecule has 0 aromatic heterocycles. The summed E-state index contributed by atoms with van der Waals surface area (Å²) < 4.78 is 30.0. The van der Waals surface area contributed by atoms with Crippen LogP contribution in [0.15, 0.2) is 42.5 Å². The third-order valence-electron chi connectivity index (χ3n) is 6.40. The van der Waals surface area contributed by atoms with Gasteiger partial charge in [0.15, 0.2) is 0 Å². The van der Waals surface area contributed by atoms with Gasteiger partial charge in [0.05, 0.1) is 17.7 Å². The number of nitrogens with zero attached hydrogens (tertiary/aromatic N) is 2. The van der Waals surface area contributed by atoms with Gasteiger partial charge in [-0.25, -0.2) is 4.39 Å². The van der Waals surface area contributed by atoms with Crippen molar-refractivity contribution in [3.05, 3.63) is 59.4 Å². The zero-order valence-electron chi connectivity index (χ0n) is 21.8. The molecule has 9 nitrogen and oxygen atoms in total. The van der Waals surface area contributed by atoms with Crippen molar-refractivity contribution in [1.82, 2.24) is 9.80 Å². The maximum Gasteiger partial charge on any atom is 0.257 e. The largest absolute Gasteiger partial charge is 0.491 e. The second kappa shape index (κ2) is 12.6. The van der Waals surface area contributed by atoms with Gasteiger partial charge in [0, 0.05) is 57.6 Å². The lowest BCUT2D eigenvalue weighted by Gasteiger charge is -2.36. The molecular weight excluding hydrogens is 481 g/mol. The molecule has 0 fully saturated rings. The Hall–Kier alpha value is -3.50. The highest BCUT2D eigenvalue weighted by Gasteiger charge is 2.30. The first-order chi connectivity index (χ1) is 17.6. The highest BCUT2D eigenvalue weighted by molar-refractivity contribution is 6.05. The summed E-state index contributed by atoms with van der Waals surface area (Å²) in [4.78, 5) is 42.0. The number of carbonyl (C=O) groups is 3. The minimum Gasteiger partial charge on any atom is -0.491 e. The van der Waals surface area contributed by atoms with E-state index < -0.39 is 11.7 Å². The molecule has 0 radical (unpaired) electrons. The molecule has 10 heteroatoms. The number of halogens is 1. The van der Waals surface area contributed by atoms with E-state index in [9.17, 15) is 18.8 Å². The summed E-state index contributed by atoms with van der Waals surface area (Å²) in [5.74, 6) is -1.11. The van der Waals surface area contributed by atoms with Gasteiger partial charge in [0.2, 0.25) is 5.91 Å². The van der Waals surface area contributed by atoms with Crippen molar-refractivity contribution < 1.29 is 33.0 Å². The van der Waals surface area contributed by atoms with Gasteiger partial charge in [-0.05, 0) is 43.3 Å². The molecule has 0 spiro atoms. The fraction of sp³-hybridized carbons (Fsp3) is 0.444. The monoisotopic (exact) mass is 515 g/mol. The van der Waals surface area contributed by atoms with E-state index >= 15 is 0 Å². The number of methoxy groups -OCH3 is 2. The first-order valence-corrected chi connectivity index (χ1v) is 12.0. The van der Waals surface area contributed by atoms with Crippen molar-refractivity contribution in [3.63, 3.8) is 0 Å². The minimum atomic E-state index is -0.440. The van der Waals surface area contributed by atoms with Crippen molar-refractivity contribution in [2.75, 3.05) is 52.9 Å². The van der Waals surface area contributed by atoms with E-state index in [1.807, 2.05) is 13.8 Å². The Balaban J connectivity index is 1.93. The molecule has 0 bridgehead atoms. The van der Waals surface area contributed by atoms with E-state index in [2.05, 4.69) is 5.32 Å². The number of hydrogen-bond donors (Lipinski definition) is 1. The number of amides is 3. The van der Waals surface area contributed by atoms with Crippen LogP contribution in [0.1, 0.15) is 34.6 Å². The zero-order chi connectivity index (χ0) is 27.1. The van der Waals surface area contributed by atoms with Gasteiger partial charge < -0.3 is 29.3 Å². The maximum absolute atomic E-state index is 13.3. The Bertz CT molecular complexity index is 1110. The number of benzene rings is 2. The number of likely N-dealkylation sites (N-methyl/N-ethyl adjacent to an activating group) is 1. The smallest absolute Gasteiger partial charge is 0.257 e. The van der Waals surface area contributed by atoms with Crippen LogP contribution >= 0.6 is 0 Å². The number of anilines is 1. The van der Waals surface area contributed by atoms with Crippen molar-refractivity contribution in [3.8, 4) is 5.75 Å². The van der Waals surface area contributed by atoms with Gasteiger partial charge in [-0.2, -0.15) is 0 Å². The van der Waals surface area contributed by atoms with E-state index in [4.69, 9.17) is 14.2 Å². The lowest BCUT2D eigenvalue weighted by atomic mass is 10.0. The highest BCUT2D eigenvalue weighted by atomic mass is 19.1. The standard InChI is InChI=1S/C27H34FN3O6/c1-17-13-31(25(32)16-35-4)18(2)15-37-23-12-21(29-26(33)19-6-8-20(28)9-7-19)10-11-22(23)27(34)30(3)14-24(17)36-5/h6-12,17-18,24H,13-16H2,1-5H3,(H,29,33)/t17-,18-,24+/m0/s1. The minimum absolute atomic E-state index is 0.0635. The van der Waals surface area contributed by atoms with Crippen LogP contribution in [0.2, 0.25) is 0 Å². The summed E-state index contributed by atoms with van der Waals surface area (Å²) in [6.07, 6.45) is -0.308. The molecule has 1 heterocycles. The summed E-state index contributed by atoms with van der Waals surface area (Å²) >= 11 is 0. The Morgan fingerprint density at radius 1 is 1.11 bits per heavy atom. The second-order valence-corrected chi connectivity index (χ2v) is 9.25. The fourth-order valence-corrected chi connectivity index (χ4v) is 4.21. The first kappa shape index (κ1) is 28.1. The molecule has 37 heavy (non-hydrogen) atoms. The second-order valence-electron chi connectivity index (χ2n) is 9.25. The molecule has 2 aromatic rings. The SMILES string of the molecule is COCC(=O)N1C[C@H](C)[C@H](OC)CN(C)C(=O)c2ccc(NC(=O)c3ccc(F)cc3)cc2OC[C@@H]1C. The van der Waals surface area contributed by atoms with Crippen LogP contribution in [-0.4, -0.2) is 87.2 Å². The molecule has 0 unspecified atom stereocenters. The molecule has 1 aliphatic rings. The summed E-state index contributed by atoms with van der Waals surface area (Å²) in [5, 5.41) is 2.75. The van der Waals surface area contributed by atoms with Crippen molar-refractivity contribution >= 4 is 23.4 Å². The topological polar surface area (TPSA) is 97.4 Å². The molecule has 1 aliphatic heterocycles. The summed E-state index contributed by atoms with van der Waals surface area (Å²) in [6, 6.07) is 9.61. The van der Waals surface area contributed by atoms with E-state index in [0.717, 1.165) is 0 Å². The molecule has 1 N–H and O–H groups in total. The lowest BCUT2D eigenvalue weighted by Crippen LogP contribution is -2.49. The number of nitrogens with one attached hydrogen (secondary N) is 1. The average Bonchev–Trinajstić information content (AvgIpc) is 2.88. The predicted molar refractivity (Wildman–Crippen MR) is 136 cm³/mol. The number of fused-ring (bicyclic) bond motifs is 1. The van der Waals surface area contributed by atoms with Gasteiger partial charge in [-0.3, -0.25) is 14.4 Å². The van der Waals surface area contributed by atoms with Crippen LogP contribution < -0.4 is 10.1 Å². The van der Waals surface area contributed by atoms with Gasteiger partial charge in [-0.15, -0.1) is 0 Å². The van der Waals surface area contributed by atoms with Crippen LogP contribution in [-0.2, 0) is 14.3 Å². The molecule has 3 rings (SSSR count). The van der Waals surface area contributed by atoms with Gasteiger partial charge in [-0.1, -0.05) is 6.92 Å². The molecule has 2 aromatic carbocycles. The Kier molecular flexibility index (Phi) is 9.60. The van der Waals surface area contributed by atoms with Crippen molar-refractivity contribution in [2.45, 2.75) is 26.0 Å². The zero-order valence-corrected chi connectivity index (χ0v) is 21.8. The fourth-order valence-electron chi connectivity index (χ4n) is 4.21. The van der Waals surface area contributed by atoms with Crippen LogP contribution in [0.5, 0.6) is 5.75 Å². The first-order valence-electron chi connectivity index (χ1n) is 12.0. The van der Waals surface area contributed by atoms with Crippen molar-refractivity contribution in [2.24, 2.45) is 5.92 Å². The van der Waals surface area contributed by atoms with E-state index in [-0.39, 0.29) is 54.4 Å². The highest BCUT2D eigenvalue weighted by Crippen LogP contribution is 2.27. The number of hydrogen-bond acceptors (Lipinski definition) is 6. The Morgan fingerprint density at radius 2 is 1.81 bits per heavy atom. The van der Waals surface area contributed by atoms with E-state index in [1.165, 1.54) is 31.4 Å². The number of rotatable bonds is 5. The molecule has 0 aliphatic carbocycles. The molecule has 0 saturated heterocycles. The van der Waals surface area contributed by atoms with Crippen LogP contribution in [0, 0.1) is 11.7 Å². The van der Waals surface area contributed by atoms with E-state index in [1.54, 1.807) is 42.2 Å².